The molecular formula is C20H25NO4S. The van der Waals surface area contributed by atoms with Gasteiger partial charge in [0.1, 0.15) is 0 Å². The highest BCUT2D eigenvalue weighted by atomic mass is 32.2. The van der Waals surface area contributed by atoms with Gasteiger partial charge in [-0.3, -0.25) is 4.79 Å². The molecule has 0 radical (unpaired) electrons. The third-order valence-corrected chi connectivity index (χ3v) is 5.90. The van der Waals surface area contributed by atoms with Gasteiger partial charge in [0.25, 0.3) is 0 Å². The number of carbonyl (C=O) groups excluding carboxylic acids is 1. The molecule has 0 heterocycles. The summed E-state index contributed by atoms with van der Waals surface area (Å²) in [6, 6.07) is 16.2. The summed E-state index contributed by atoms with van der Waals surface area (Å²) in [6.45, 7) is 4.31. The number of ether oxygens (including phenoxy) is 1. The summed E-state index contributed by atoms with van der Waals surface area (Å²) in [7, 11) is -3.71. The van der Waals surface area contributed by atoms with Crippen LogP contribution >= 0.6 is 0 Å². The topological polar surface area (TPSA) is 63.7 Å². The van der Waals surface area contributed by atoms with Crippen molar-refractivity contribution >= 4 is 16.0 Å². The van der Waals surface area contributed by atoms with E-state index in [9.17, 15) is 13.2 Å². The fourth-order valence-corrected chi connectivity index (χ4v) is 4.00. The largest absolute Gasteiger partial charge is 0.466 e. The van der Waals surface area contributed by atoms with Gasteiger partial charge in [0, 0.05) is 13.1 Å². The van der Waals surface area contributed by atoms with E-state index in [1.165, 1.54) is 4.31 Å². The fraction of sp³-hybridized carbons (Fsp3) is 0.350. The van der Waals surface area contributed by atoms with Gasteiger partial charge in [-0.15, -0.1) is 0 Å². The van der Waals surface area contributed by atoms with Crippen molar-refractivity contribution in [1.82, 2.24) is 4.31 Å². The Bertz CT molecular complexity index is 801. The van der Waals surface area contributed by atoms with Crippen molar-refractivity contribution < 1.29 is 17.9 Å². The summed E-state index contributed by atoms with van der Waals surface area (Å²) in [5.74, 6) is -0.401. The van der Waals surface area contributed by atoms with Crippen molar-refractivity contribution in [2.24, 2.45) is 0 Å². The third kappa shape index (κ3) is 5.41. The summed E-state index contributed by atoms with van der Waals surface area (Å²) in [5.41, 5.74) is 1.94. The lowest BCUT2D eigenvalue weighted by Gasteiger charge is -2.22. The minimum absolute atomic E-state index is 0.0208. The van der Waals surface area contributed by atoms with Crippen LogP contribution in [0.3, 0.4) is 0 Å². The monoisotopic (exact) mass is 375 g/mol. The Morgan fingerprint density at radius 2 is 1.62 bits per heavy atom. The molecule has 0 fully saturated rings. The van der Waals surface area contributed by atoms with Crippen LogP contribution in [0.25, 0.3) is 0 Å². The predicted molar refractivity (Wildman–Crippen MR) is 101 cm³/mol. The Hall–Kier alpha value is -2.18. The molecule has 0 aliphatic carbocycles. The normalized spacial score (nSPS) is 11.5. The van der Waals surface area contributed by atoms with Crippen molar-refractivity contribution in [3.63, 3.8) is 0 Å². The Morgan fingerprint density at radius 3 is 2.19 bits per heavy atom. The molecule has 140 valence electrons. The number of hydrogen-bond donors (Lipinski definition) is 0. The lowest BCUT2D eigenvalue weighted by molar-refractivity contribution is -0.143. The minimum Gasteiger partial charge on any atom is -0.466 e. The number of carbonyl (C=O) groups is 1. The van der Waals surface area contributed by atoms with Crippen LogP contribution in [0.15, 0.2) is 59.5 Å². The van der Waals surface area contributed by atoms with E-state index in [1.807, 2.05) is 49.4 Å². The molecule has 0 saturated carbocycles. The van der Waals surface area contributed by atoms with E-state index in [0.717, 1.165) is 17.5 Å². The average Bonchev–Trinajstić information content (AvgIpc) is 2.66. The van der Waals surface area contributed by atoms with Gasteiger partial charge in [0.2, 0.25) is 10.0 Å². The quantitative estimate of drug-likeness (QED) is 0.630. The zero-order valence-corrected chi connectivity index (χ0v) is 16.0. The standard InChI is InChI=1S/C20H25NO4S/c1-3-17-10-12-19(13-11-17)26(23,24)21(15-14-20(22)25-4-2)16-18-8-6-5-7-9-18/h5-13H,3-4,14-16H2,1-2H3. The van der Waals surface area contributed by atoms with Gasteiger partial charge >= 0.3 is 5.97 Å². The molecule has 0 N–H and O–H groups in total. The lowest BCUT2D eigenvalue weighted by atomic mass is 10.2. The highest BCUT2D eigenvalue weighted by molar-refractivity contribution is 7.89. The first kappa shape index (κ1) is 20.1. The molecule has 0 unspecified atom stereocenters. The minimum atomic E-state index is -3.71. The second-order valence-corrected chi connectivity index (χ2v) is 7.81. The fourth-order valence-electron chi connectivity index (χ4n) is 2.57. The molecular weight excluding hydrogens is 350 g/mol. The summed E-state index contributed by atoms with van der Waals surface area (Å²) in [5, 5.41) is 0. The van der Waals surface area contributed by atoms with Gasteiger partial charge in [0.05, 0.1) is 17.9 Å². The van der Waals surface area contributed by atoms with Crippen LogP contribution in [0.5, 0.6) is 0 Å². The predicted octanol–water partition coefficient (Wildman–Crippen LogP) is 3.39. The molecule has 0 amide bonds. The van der Waals surface area contributed by atoms with Crippen LogP contribution in [0.2, 0.25) is 0 Å². The van der Waals surface area contributed by atoms with E-state index >= 15 is 0 Å². The van der Waals surface area contributed by atoms with E-state index < -0.39 is 16.0 Å². The summed E-state index contributed by atoms with van der Waals surface area (Å²) in [4.78, 5) is 11.9. The van der Waals surface area contributed by atoms with Gasteiger partial charge in [0.15, 0.2) is 0 Å². The molecule has 0 saturated heterocycles. The molecule has 2 aromatic rings. The van der Waals surface area contributed by atoms with E-state index in [0.29, 0.717) is 0 Å². The molecule has 26 heavy (non-hydrogen) atoms. The molecule has 0 aliphatic heterocycles. The van der Waals surface area contributed by atoms with E-state index in [1.54, 1.807) is 19.1 Å². The van der Waals surface area contributed by atoms with Crippen LogP contribution in [-0.2, 0) is 32.5 Å². The van der Waals surface area contributed by atoms with Gasteiger partial charge < -0.3 is 4.74 Å². The van der Waals surface area contributed by atoms with Crippen LogP contribution in [0.4, 0.5) is 0 Å². The molecule has 2 aromatic carbocycles. The highest BCUT2D eigenvalue weighted by Crippen LogP contribution is 2.20. The highest BCUT2D eigenvalue weighted by Gasteiger charge is 2.25. The zero-order chi connectivity index (χ0) is 19.0. The van der Waals surface area contributed by atoms with Gasteiger partial charge in [-0.1, -0.05) is 49.4 Å². The first-order valence-electron chi connectivity index (χ1n) is 8.76. The zero-order valence-electron chi connectivity index (χ0n) is 15.2. The van der Waals surface area contributed by atoms with Crippen molar-refractivity contribution in [3.8, 4) is 0 Å². The van der Waals surface area contributed by atoms with Crippen LogP contribution in [0.1, 0.15) is 31.4 Å². The Labute approximate surface area is 155 Å². The van der Waals surface area contributed by atoms with Gasteiger partial charge in [-0.25, -0.2) is 8.42 Å². The number of hydrogen-bond acceptors (Lipinski definition) is 4. The molecule has 0 aromatic heterocycles. The third-order valence-electron chi connectivity index (χ3n) is 4.04. The number of rotatable bonds is 9. The Morgan fingerprint density at radius 1 is 0.962 bits per heavy atom. The molecule has 0 bridgehead atoms. The molecule has 0 atom stereocenters. The lowest BCUT2D eigenvalue weighted by Crippen LogP contribution is -2.33. The van der Waals surface area contributed by atoms with Crippen molar-refractivity contribution in [3.05, 3.63) is 65.7 Å². The van der Waals surface area contributed by atoms with Crippen LogP contribution in [-0.4, -0.2) is 31.8 Å². The van der Waals surface area contributed by atoms with Crippen molar-refractivity contribution in [2.75, 3.05) is 13.2 Å². The molecule has 0 spiro atoms. The first-order valence-corrected chi connectivity index (χ1v) is 10.2. The van der Waals surface area contributed by atoms with E-state index in [-0.39, 0.29) is 31.0 Å². The van der Waals surface area contributed by atoms with Crippen LogP contribution < -0.4 is 0 Å². The number of esters is 1. The maximum Gasteiger partial charge on any atom is 0.307 e. The van der Waals surface area contributed by atoms with Crippen molar-refractivity contribution in [1.29, 1.82) is 0 Å². The smallest absolute Gasteiger partial charge is 0.307 e. The SMILES string of the molecule is CCOC(=O)CCN(Cc1ccccc1)S(=O)(=O)c1ccc(CC)cc1. The number of nitrogens with zero attached hydrogens (tertiary/aromatic N) is 1. The molecule has 6 heteroatoms. The number of benzene rings is 2. The van der Waals surface area contributed by atoms with Gasteiger partial charge in [-0.2, -0.15) is 4.31 Å². The first-order chi connectivity index (χ1) is 12.5. The maximum atomic E-state index is 13.1. The second-order valence-electron chi connectivity index (χ2n) is 5.88. The van der Waals surface area contributed by atoms with Gasteiger partial charge in [-0.05, 0) is 36.6 Å². The van der Waals surface area contributed by atoms with E-state index in [2.05, 4.69) is 0 Å². The van der Waals surface area contributed by atoms with E-state index in [4.69, 9.17) is 4.74 Å². The number of aryl methyl sites for hydroxylation is 1. The maximum absolute atomic E-state index is 13.1. The number of sulfonamides is 1. The van der Waals surface area contributed by atoms with Crippen molar-refractivity contribution in [2.45, 2.75) is 38.1 Å². The molecule has 2 rings (SSSR count). The summed E-state index contributed by atoms with van der Waals surface area (Å²) in [6.07, 6.45) is 0.865. The molecule has 5 nitrogen and oxygen atoms in total. The summed E-state index contributed by atoms with van der Waals surface area (Å²) < 4.78 is 32.4. The summed E-state index contributed by atoms with van der Waals surface area (Å²) >= 11 is 0. The second kappa shape index (κ2) is 9.50. The van der Waals surface area contributed by atoms with Crippen LogP contribution in [0, 0.1) is 0 Å². The Balaban J connectivity index is 2.25. The molecule has 0 aliphatic rings. The average molecular weight is 375 g/mol. The Kier molecular flexibility index (Phi) is 7.36.